The number of nitriles is 1. The number of benzene rings is 1. The number of aryl methyl sites for hydroxylation is 1. The first-order valence-electron chi connectivity index (χ1n) is 9.40. The van der Waals surface area contributed by atoms with E-state index in [2.05, 4.69) is 28.3 Å². The molecule has 3 aromatic rings. The monoisotopic (exact) mass is 426 g/mol. The van der Waals surface area contributed by atoms with Crippen LogP contribution in [-0.2, 0) is 11.2 Å². The lowest BCUT2D eigenvalue weighted by molar-refractivity contribution is -0.115. The van der Waals surface area contributed by atoms with Gasteiger partial charge in [-0.15, -0.1) is 11.8 Å². The van der Waals surface area contributed by atoms with Crippen molar-refractivity contribution in [3.8, 4) is 11.8 Å². The van der Waals surface area contributed by atoms with Crippen LogP contribution >= 0.6 is 23.1 Å². The number of carbonyl (C=O) groups is 1. The molecule has 0 fully saturated rings. The minimum absolute atomic E-state index is 0.107. The number of nitrogens with zero attached hydrogens (tertiary/aromatic N) is 3. The average Bonchev–Trinajstić information content (AvgIpc) is 3.13. The molecule has 150 valence electrons. The highest BCUT2D eigenvalue weighted by molar-refractivity contribution is 7.99. The molecular weight excluding hydrogens is 404 g/mol. The van der Waals surface area contributed by atoms with Gasteiger partial charge in [-0.05, 0) is 43.2 Å². The van der Waals surface area contributed by atoms with Gasteiger partial charge >= 0.3 is 0 Å². The summed E-state index contributed by atoms with van der Waals surface area (Å²) in [6, 6.07) is 11.5. The highest BCUT2D eigenvalue weighted by Crippen LogP contribution is 2.29. The number of hydrogen-bond donors (Lipinski definition) is 1. The smallest absolute Gasteiger partial charge is 0.226 e. The average molecular weight is 427 g/mol. The molecule has 0 spiro atoms. The first kappa shape index (κ1) is 21.1. The summed E-state index contributed by atoms with van der Waals surface area (Å²) in [5, 5.41) is 13.4. The number of ether oxygens (including phenoxy) is 1. The SMILES string of the molecule is CCCCc1ccc(C#N)c(SCCC(=O)Nc2nc3ccc(OC)cc3s2)n1. The van der Waals surface area contributed by atoms with Crippen LogP contribution in [0.25, 0.3) is 10.2 Å². The summed E-state index contributed by atoms with van der Waals surface area (Å²) in [4.78, 5) is 21.3. The molecule has 0 aliphatic heterocycles. The van der Waals surface area contributed by atoms with Crippen LogP contribution in [0.3, 0.4) is 0 Å². The van der Waals surface area contributed by atoms with Crippen molar-refractivity contribution in [2.24, 2.45) is 0 Å². The van der Waals surface area contributed by atoms with Crippen LogP contribution in [-0.4, -0.2) is 28.7 Å². The van der Waals surface area contributed by atoms with E-state index in [1.165, 1.54) is 23.1 Å². The maximum Gasteiger partial charge on any atom is 0.226 e. The number of pyridine rings is 1. The Morgan fingerprint density at radius 3 is 2.93 bits per heavy atom. The van der Waals surface area contributed by atoms with Crippen molar-refractivity contribution in [1.29, 1.82) is 5.26 Å². The normalized spacial score (nSPS) is 10.7. The molecule has 1 aromatic carbocycles. The summed E-state index contributed by atoms with van der Waals surface area (Å²) in [5.74, 6) is 1.20. The standard InChI is InChI=1S/C21H22N4O2S2/c1-3-4-5-15-7-6-14(13-22)20(23-15)28-11-10-19(26)25-21-24-17-9-8-16(27-2)12-18(17)29-21/h6-9,12H,3-5,10-11H2,1-2H3,(H,24,25,26). The Morgan fingerprint density at radius 2 is 2.17 bits per heavy atom. The maximum absolute atomic E-state index is 12.3. The summed E-state index contributed by atoms with van der Waals surface area (Å²) in [6.07, 6.45) is 3.39. The molecule has 0 atom stereocenters. The van der Waals surface area contributed by atoms with Gasteiger partial charge in [0.2, 0.25) is 5.91 Å². The largest absolute Gasteiger partial charge is 0.497 e. The highest BCUT2D eigenvalue weighted by atomic mass is 32.2. The van der Waals surface area contributed by atoms with Gasteiger partial charge in [0.15, 0.2) is 5.13 Å². The molecule has 0 aliphatic carbocycles. The van der Waals surface area contributed by atoms with Crippen molar-refractivity contribution in [3.63, 3.8) is 0 Å². The number of unbranched alkanes of at least 4 members (excludes halogenated alkanes) is 1. The van der Waals surface area contributed by atoms with E-state index < -0.39 is 0 Å². The number of thioether (sulfide) groups is 1. The molecule has 3 rings (SSSR count). The first-order valence-corrected chi connectivity index (χ1v) is 11.2. The summed E-state index contributed by atoms with van der Waals surface area (Å²) in [5.41, 5.74) is 2.37. The fraction of sp³-hybridized carbons (Fsp3) is 0.333. The fourth-order valence-corrected chi connectivity index (χ4v) is 4.52. The van der Waals surface area contributed by atoms with E-state index in [0.717, 1.165) is 40.9 Å². The highest BCUT2D eigenvalue weighted by Gasteiger charge is 2.11. The van der Waals surface area contributed by atoms with Crippen molar-refractivity contribution >= 4 is 44.4 Å². The molecule has 0 aliphatic rings. The van der Waals surface area contributed by atoms with E-state index in [1.54, 1.807) is 7.11 Å². The molecular formula is C21H22N4O2S2. The molecule has 0 bridgehead atoms. The van der Waals surface area contributed by atoms with Gasteiger partial charge in [-0.2, -0.15) is 5.26 Å². The number of fused-ring (bicyclic) bond motifs is 1. The zero-order chi connectivity index (χ0) is 20.6. The predicted molar refractivity (Wildman–Crippen MR) is 118 cm³/mol. The molecule has 0 saturated carbocycles. The lowest BCUT2D eigenvalue weighted by Crippen LogP contribution is -2.12. The van der Waals surface area contributed by atoms with Crippen LogP contribution in [0.1, 0.15) is 37.4 Å². The van der Waals surface area contributed by atoms with E-state index >= 15 is 0 Å². The molecule has 1 N–H and O–H groups in total. The van der Waals surface area contributed by atoms with Crippen LogP contribution in [0.4, 0.5) is 5.13 Å². The number of nitrogens with one attached hydrogen (secondary N) is 1. The molecule has 29 heavy (non-hydrogen) atoms. The van der Waals surface area contributed by atoms with Crippen molar-refractivity contribution in [2.45, 2.75) is 37.6 Å². The van der Waals surface area contributed by atoms with Crippen LogP contribution in [0.5, 0.6) is 5.75 Å². The summed E-state index contributed by atoms with van der Waals surface area (Å²) >= 11 is 2.86. The lowest BCUT2D eigenvalue weighted by Gasteiger charge is -2.06. The molecule has 8 heteroatoms. The quantitative estimate of drug-likeness (QED) is 0.483. The van der Waals surface area contributed by atoms with E-state index in [4.69, 9.17) is 4.74 Å². The minimum Gasteiger partial charge on any atom is -0.497 e. The maximum atomic E-state index is 12.3. The van der Waals surface area contributed by atoms with Crippen LogP contribution in [0, 0.1) is 11.3 Å². The number of amides is 1. The molecule has 0 saturated heterocycles. The molecule has 0 radical (unpaired) electrons. The second-order valence-corrected chi connectivity index (χ2v) is 8.48. The Kier molecular flexibility index (Phi) is 7.44. The molecule has 2 heterocycles. The second kappa shape index (κ2) is 10.2. The number of aromatic nitrogens is 2. The van der Waals surface area contributed by atoms with Crippen LogP contribution in [0.2, 0.25) is 0 Å². The van der Waals surface area contributed by atoms with Gasteiger partial charge in [0.25, 0.3) is 0 Å². The Morgan fingerprint density at radius 1 is 1.31 bits per heavy atom. The first-order chi connectivity index (χ1) is 14.1. The third kappa shape index (κ3) is 5.68. The zero-order valence-electron chi connectivity index (χ0n) is 16.4. The number of hydrogen-bond acceptors (Lipinski definition) is 7. The van der Waals surface area contributed by atoms with Crippen LogP contribution in [0.15, 0.2) is 35.4 Å². The van der Waals surface area contributed by atoms with Gasteiger partial charge in [0.05, 0.1) is 22.9 Å². The minimum atomic E-state index is -0.107. The Labute approximate surface area is 178 Å². The van der Waals surface area contributed by atoms with Crippen molar-refractivity contribution in [1.82, 2.24) is 9.97 Å². The van der Waals surface area contributed by atoms with Gasteiger partial charge in [-0.3, -0.25) is 4.79 Å². The summed E-state index contributed by atoms with van der Waals surface area (Å²) in [6.45, 7) is 2.14. The molecule has 2 aromatic heterocycles. The number of anilines is 1. The van der Waals surface area contributed by atoms with Crippen LogP contribution < -0.4 is 10.1 Å². The number of methoxy groups -OCH3 is 1. The fourth-order valence-electron chi connectivity index (χ4n) is 2.68. The third-order valence-electron chi connectivity index (χ3n) is 4.23. The topological polar surface area (TPSA) is 87.9 Å². The van der Waals surface area contributed by atoms with Gasteiger partial charge in [0.1, 0.15) is 16.8 Å². The van der Waals surface area contributed by atoms with Gasteiger partial charge in [-0.1, -0.05) is 24.7 Å². The number of thiazole rings is 1. The molecule has 0 unspecified atom stereocenters. The summed E-state index contributed by atoms with van der Waals surface area (Å²) < 4.78 is 6.18. The zero-order valence-corrected chi connectivity index (χ0v) is 18.0. The number of rotatable bonds is 9. The molecule has 1 amide bonds. The number of carbonyl (C=O) groups excluding carboxylic acids is 1. The molecule has 6 nitrogen and oxygen atoms in total. The third-order valence-corrected chi connectivity index (χ3v) is 6.16. The predicted octanol–water partition coefficient (Wildman–Crippen LogP) is 5.04. The van der Waals surface area contributed by atoms with Gasteiger partial charge in [-0.25, -0.2) is 9.97 Å². The van der Waals surface area contributed by atoms with Crippen molar-refractivity contribution in [2.75, 3.05) is 18.2 Å². The second-order valence-electron chi connectivity index (χ2n) is 6.37. The summed E-state index contributed by atoms with van der Waals surface area (Å²) in [7, 11) is 1.62. The Balaban J connectivity index is 1.56. The van der Waals surface area contributed by atoms with Crippen molar-refractivity contribution < 1.29 is 9.53 Å². The Bertz CT molecular complexity index is 1040. The van der Waals surface area contributed by atoms with Gasteiger partial charge in [0, 0.05) is 17.9 Å². The van der Waals surface area contributed by atoms with Gasteiger partial charge < -0.3 is 10.1 Å². The van der Waals surface area contributed by atoms with E-state index in [9.17, 15) is 10.1 Å². The lowest BCUT2D eigenvalue weighted by atomic mass is 10.2. The van der Waals surface area contributed by atoms with Crippen molar-refractivity contribution in [3.05, 3.63) is 41.6 Å². The van der Waals surface area contributed by atoms with E-state index in [-0.39, 0.29) is 5.91 Å². The van der Waals surface area contributed by atoms with E-state index in [0.29, 0.717) is 27.9 Å². The Hall–Kier alpha value is -2.63. The van der Waals surface area contributed by atoms with E-state index in [1.807, 2.05) is 30.3 Å².